The van der Waals surface area contributed by atoms with Gasteiger partial charge >= 0.3 is 5.97 Å². The number of Topliss-reactive ketones (excluding diaryl/α,β-unsaturated/α-hetero) is 1. The summed E-state index contributed by atoms with van der Waals surface area (Å²) in [7, 11) is 1.71. The molecule has 3 N–H and O–H groups in total. The Morgan fingerprint density at radius 1 is 1.08 bits per heavy atom. The molecule has 0 spiro atoms. The van der Waals surface area contributed by atoms with Crippen LogP contribution < -0.4 is 15.4 Å². The van der Waals surface area contributed by atoms with Gasteiger partial charge in [-0.25, -0.2) is 0 Å². The second-order valence-corrected chi connectivity index (χ2v) is 9.64. The molecule has 3 aromatic rings. The van der Waals surface area contributed by atoms with Crippen LogP contribution in [-0.4, -0.2) is 67.9 Å². The van der Waals surface area contributed by atoms with E-state index in [0.29, 0.717) is 10.9 Å². The van der Waals surface area contributed by atoms with E-state index >= 15 is 0 Å². The number of ketones is 1. The van der Waals surface area contributed by atoms with Gasteiger partial charge in [-0.15, -0.1) is 10.2 Å². The Hall–Kier alpha value is -3.93. The first kappa shape index (κ1) is 27.7. The zero-order valence-electron chi connectivity index (χ0n) is 20.7. The van der Waals surface area contributed by atoms with Crippen LogP contribution in [0.2, 0.25) is 0 Å². The van der Waals surface area contributed by atoms with Gasteiger partial charge in [0.05, 0.1) is 18.2 Å². The lowest BCUT2D eigenvalue weighted by molar-refractivity contribution is -0.140. The summed E-state index contributed by atoms with van der Waals surface area (Å²) in [6, 6.07) is 10.8. The third-order valence-corrected chi connectivity index (χ3v) is 6.53. The lowest BCUT2D eigenvalue weighted by Crippen LogP contribution is -2.55. The predicted molar refractivity (Wildman–Crippen MR) is 137 cm³/mol. The van der Waals surface area contributed by atoms with E-state index in [1.54, 1.807) is 31.5 Å². The lowest BCUT2D eigenvalue weighted by atomic mass is 10.0. The highest BCUT2D eigenvalue weighted by atomic mass is 32.2. The van der Waals surface area contributed by atoms with Gasteiger partial charge in [-0.3, -0.25) is 19.2 Å². The van der Waals surface area contributed by atoms with Crippen molar-refractivity contribution in [3.05, 3.63) is 48.8 Å². The molecule has 11 nitrogen and oxygen atoms in total. The molecule has 0 unspecified atom stereocenters. The van der Waals surface area contributed by atoms with Gasteiger partial charge in [0, 0.05) is 12.4 Å². The quantitative estimate of drug-likeness (QED) is 0.283. The monoisotopic (exact) mass is 527 g/mol. The zero-order valence-corrected chi connectivity index (χ0v) is 21.5. The summed E-state index contributed by atoms with van der Waals surface area (Å²) in [6.45, 7) is 3.14. The molecule has 3 rings (SSSR count). The predicted octanol–water partition coefficient (Wildman–Crippen LogP) is 1.81. The van der Waals surface area contributed by atoms with E-state index in [1.165, 1.54) is 6.33 Å². The van der Waals surface area contributed by atoms with Crippen molar-refractivity contribution in [1.29, 1.82) is 0 Å². The maximum absolute atomic E-state index is 13.0. The minimum Gasteiger partial charge on any atom is -0.483 e. The molecule has 0 radical (unpaired) electrons. The van der Waals surface area contributed by atoms with Crippen LogP contribution in [0.5, 0.6) is 5.75 Å². The largest absolute Gasteiger partial charge is 0.483 e. The number of carbonyl (C=O) groups is 4. The number of ether oxygens (including phenoxy) is 1. The molecule has 196 valence electrons. The fourth-order valence-electron chi connectivity index (χ4n) is 3.54. The number of amides is 2. The van der Waals surface area contributed by atoms with E-state index in [2.05, 4.69) is 20.8 Å². The molecule has 12 heteroatoms. The molecule has 0 aliphatic carbocycles. The SMILES string of the molecule is CC(C)[C@H](NC(=O)COc1cccc2ccccc12)C(=O)N[C@@H](CC(=O)O)C(=O)CSc1nncn1C. The number of hydrogen-bond acceptors (Lipinski definition) is 8. The summed E-state index contributed by atoms with van der Waals surface area (Å²) in [4.78, 5) is 49.7. The van der Waals surface area contributed by atoms with Crippen LogP contribution in [0.25, 0.3) is 10.8 Å². The van der Waals surface area contributed by atoms with Crippen molar-refractivity contribution in [3.8, 4) is 5.75 Å². The summed E-state index contributed by atoms with van der Waals surface area (Å²) < 4.78 is 7.32. The minimum absolute atomic E-state index is 0.109. The first-order valence-corrected chi connectivity index (χ1v) is 12.6. The average Bonchev–Trinajstić information content (AvgIpc) is 3.28. The summed E-state index contributed by atoms with van der Waals surface area (Å²) in [6.07, 6.45) is 0.885. The Balaban J connectivity index is 1.61. The number of carbonyl (C=O) groups excluding carboxylic acids is 3. The highest BCUT2D eigenvalue weighted by Crippen LogP contribution is 2.25. The van der Waals surface area contributed by atoms with Gasteiger partial charge < -0.3 is 25.0 Å². The zero-order chi connectivity index (χ0) is 26.9. The van der Waals surface area contributed by atoms with Crippen LogP contribution in [0.4, 0.5) is 0 Å². The molecular weight excluding hydrogens is 498 g/mol. The lowest BCUT2D eigenvalue weighted by Gasteiger charge is -2.24. The highest BCUT2D eigenvalue weighted by Gasteiger charge is 2.30. The van der Waals surface area contributed by atoms with E-state index < -0.39 is 42.1 Å². The fraction of sp³-hybridized carbons (Fsp3) is 0.360. The Labute approximate surface area is 218 Å². The normalized spacial score (nSPS) is 12.6. The molecule has 0 aliphatic rings. The molecule has 2 amide bonds. The average molecular weight is 528 g/mol. The van der Waals surface area contributed by atoms with Crippen molar-refractivity contribution in [2.75, 3.05) is 12.4 Å². The van der Waals surface area contributed by atoms with Crippen molar-refractivity contribution in [2.45, 2.75) is 37.5 Å². The number of nitrogens with zero attached hydrogens (tertiary/aromatic N) is 3. The Kier molecular flexibility index (Phi) is 9.61. The second-order valence-electron chi connectivity index (χ2n) is 8.69. The Morgan fingerprint density at radius 2 is 1.81 bits per heavy atom. The maximum atomic E-state index is 13.0. The van der Waals surface area contributed by atoms with Crippen molar-refractivity contribution >= 4 is 46.1 Å². The number of thioether (sulfide) groups is 1. The Morgan fingerprint density at radius 3 is 2.49 bits per heavy atom. The number of fused-ring (bicyclic) bond motifs is 1. The van der Waals surface area contributed by atoms with Crippen molar-refractivity contribution < 1.29 is 29.0 Å². The van der Waals surface area contributed by atoms with E-state index in [9.17, 15) is 24.3 Å². The van der Waals surface area contributed by atoms with E-state index in [-0.39, 0.29) is 18.3 Å². The molecule has 0 aliphatic heterocycles. The standard InChI is InChI=1S/C25H29N5O6S/c1-15(2)23(28-21(32)12-36-20-10-6-8-16-7-4-5-9-17(16)20)24(35)27-18(11-22(33)34)19(31)13-37-25-29-26-14-30(25)3/h4-10,14-15,18,23H,11-13H2,1-3H3,(H,27,35)(H,28,32)(H,33,34)/t18-,23-/m0/s1. The first-order valence-electron chi connectivity index (χ1n) is 11.6. The summed E-state index contributed by atoms with van der Waals surface area (Å²) >= 11 is 1.08. The first-order chi connectivity index (χ1) is 17.7. The van der Waals surface area contributed by atoms with E-state index in [4.69, 9.17) is 4.74 Å². The Bertz CT molecular complexity index is 1270. The topological polar surface area (TPSA) is 153 Å². The number of aliphatic carboxylic acids is 1. The van der Waals surface area contributed by atoms with E-state index in [0.717, 1.165) is 22.5 Å². The van der Waals surface area contributed by atoms with Gasteiger partial charge in [-0.1, -0.05) is 62.0 Å². The number of carboxylic acids is 1. The number of nitrogens with one attached hydrogen (secondary N) is 2. The maximum Gasteiger partial charge on any atom is 0.305 e. The molecule has 0 fully saturated rings. The van der Waals surface area contributed by atoms with Gasteiger partial charge in [-0.2, -0.15) is 0 Å². The summed E-state index contributed by atoms with van der Waals surface area (Å²) in [5.74, 6) is -2.82. The smallest absolute Gasteiger partial charge is 0.305 e. The van der Waals surface area contributed by atoms with Gasteiger partial charge in [0.25, 0.3) is 5.91 Å². The molecule has 0 saturated carbocycles. The molecule has 2 aromatic carbocycles. The number of aryl methyl sites for hydroxylation is 1. The van der Waals surface area contributed by atoms with Crippen LogP contribution in [0.15, 0.2) is 53.9 Å². The van der Waals surface area contributed by atoms with Crippen LogP contribution in [-0.2, 0) is 26.2 Å². The van der Waals surface area contributed by atoms with Crippen LogP contribution in [0, 0.1) is 5.92 Å². The number of aromatic nitrogens is 3. The molecular formula is C25H29N5O6S. The number of hydrogen-bond donors (Lipinski definition) is 3. The summed E-state index contributed by atoms with van der Waals surface area (Å²) in [5.41, 5.74) is 0. The van der Waals surface area contributed by atoms with Crippen molar-refractivity contribution in [1.82, 2.24) is 25.4 Å². The van der Waals surface area contributed by atoms with E-state index in [1.807, 2.05) is 36.4 Å². The number of rotatable bonds is 13. The third kappa shape index (κ3) is 7.78. The summed E-state index contributed by atoms with van der Waals surface area (Å²) in [5, 5.41) is 24.3. The number of carboxylic acid groups (broad SMARTS) is 1. The van der Waals surface area contributed by atoms with Crippen molar-refractivity contribution in [3.63, 3.8) is 0 Å². The second kappa shape index (κ2) is 12.9. The van der Waals surface area contributed by atoms with Gasteiger partial charge in [0.2, 0.25) is 5.91 Å². The molecule has 0 bridgehead atoms. The molecule has 0 saturated heterocycles. The van der Waals surface area contributed by atoms with Crippen LogP contribution in [0.1, 0.15) is 20.3 Å². The van der Waals surface area contributed by atoms with Gasteiger partial charge in [-0.05, 0) is 17.4 Å². The molecule has 2 atom stereocenters. The molecule has 37 heavy (non-hydrogen) atoms. The van der Waals surface area contributed by atoms with Gasteiger partial charge in [0.15, 0.2) is 17.5 Å². The molecule has 1 aromatic heterocycles. The third-order valence-electron chi connectivity index (χ3n) is 5.47. The number of benzene rings is 2. The molecule has 1 heterocycles. The highest BCUT2D eigenvalue weighted by molar-refractivity contribution is 7.99. The van der Waals surface area contributed by atoms with Crippen LogP contribution in [0.3, 0.4) is 0 Å². The van der Waals surface area contributed by atoms with Crippen LogP contribution >= 0.6 is 11.8 Å². The minimum atomic E-state index is -1.27. The van der Waals surface area contributed by atoms with Gasteiger partial charge in [0.1, 0.15) is 18.1 Å². The van der Waals surface area contributed by atoms with Crippen molar-refractivity contribution in [2.24, 2.45) is 13.0 Å². The fourth-order valence-corrected chi connectivity index (χ4v) is 4.36.